The molecule has 0 atom stereocenters. The second kappa shape index (κ2) is 15.0. The summed E-state index contributed by atoms with van der Waals surface area (Å²) < 4.78 is 37.7. The third-order valence-corrected chi connectivity index (χ3v) is 7.98. The summed E-state index contributed by atoms with van der Waals surface area (Å²) in [5.74, 6) is 1.73. The molecule has 0 N–H and O–H groups in total. The Morgan fingerprint density at radius 3 is 1.71 bits per heavy atom. The summed E-state index contributed by atoms with van der Waals surface area (Å²) in [5, 5.41) is 29.3. The highest BCUT2D eigenvalue weighted by Gasteiger charge is 2.42. The number of nitro groups is 1. The monoisotopic (exact) mass is 625 g/mol. The molecule has 12 heteroatoms. The molecule has 0 spiro atoms. The Hall–Kier alpha value is -5.85. The second-order valence-electron chi connectivity index (χ2n) is 9.30. The van der Waals surface area contributed by atoms with Crippen LogP contribution in [0, 0.1) is 21.4 Å². The van der Waals surface area contributed by atoms with Crippen molar-refractivity contribution < 1.29 is 37.5 Å². The summed E-state index contributed by atoms with van der Waals surface area (Å²) in [6, 6.07) is 32.3. The normalized spacial score (nSPS) is 10.4. The van der Waals surface area contributed by atoms with E-state index in [9.17, 15) is 19.8 Å². The number of rotatable bonds is 10. The fourth-order valence-electron chi connectivity index (χ4n) is 3.98. The fraction of sp³-hybridized carbons (Fsp3) is 0.0909. The first kappa shape index (κ1) is 32.1. The summed E-state index contributed by atoms with van der Waals surface area (Å²) in [6.45, 7) is 0. The maximum Gasteiger partial charge on any atom is 0.728 e. The Morgan fingerprint density at radius 2 is 1.24 bits per heavy atom. The maximum atomic E-state index is 14.0. The lowest BCUT2D eigenvalue weighted by Crippen LogP contribution is -2.35. The van der Waals surface area contributed by atoms with Crippen molar-refractivity contribution in [2.45, 2.75) is 6.42 Å². The third kappa shape index (κ3) is 8.83. The summed E-state index contributed by atoms with van der Waals surface area (Å²) in [4.78, 5) is 9.55. The van der Waals surface area contributed by atoms with E-state index in [1.165, 1.54) is 9.90 Å². The van der Waals surface area contributed by atoms with E-state index < -0.39 is 18.4 Å². The first-order valence-electron chi connectivity index (χ1n) is 13.4. The SMILES string of the molecule is COc1ccc(OP(=O)(Oc2ccc(OC)cc2)[n+]2ccc(Cc3ccccc3)cc2)cc1.N#Cc1cc([O-])ccc1[N+](=O)[O-]. The molecule has 228 valence electrons. The number of hydrogen-bond donors (Lipinski definition) is 0. The molecule has 0 aliphatic heterocycles. The quantitative estimate of drug-likeness (QED) is 0.0999. The van der Waals surface area contributed by atoms with Crippen LogP contribution in [0.5, 0.6) is 28.7 Å². The molecular formula is C33H28N3O8P. The number of benzene rings is 4. The van der Waals surface area contributed by atoms with Gasteiger partial charge in [-0.05, 0) is 72.1 Å². The van der Waals surface area contributed by atoms with Crippen LogP contribution in [0.15, 0.2) is 122 Å². The zero-order valence-corrected chi connectivity index (χ0v) is 25.2. The summed E-state index contributed by atoms with van der Waals surface area (Å²) in [5.41, 5.74) is 1.74. The van der Waals surface area contributed by atoms with E-state index in [0.29, 0.717) is 23.0 Å². The first-order valence-corrected chi connectivity index (χ1v) is 14.9. The minimum Gasteiger partial charge on any atom is -0.872 e. The molecule has 45 heavy (non-hydrogen) atoms. The van der Waals surface area contributed by atoms with Crippen molar-refractivity contribution in [3.05, 3.63) is 148 Å². The van der Waals surface area contributed by atoms with E-state index in [1.54, 1.807) is 81.2 Å². The zero-order chi connectivity index (χ0) is 32.2. The summed E-state index contributed by atoms with van der Waals surface area (Å²) in [7, 11) is -0.662. The van der Waals surface area contributed by atoms with E-state index in [-0.39, 0.29) is 11.3 Å². The van der Waals surface area contributed by atoms with Crippen molar-refractivity contribution in [2.24, 2.45) is 0 Å². The summed E-state index contributed by atoms with van der Waals surface area (Å²) >= 11 is 0. The topological polar surface area (TPSA) is 148 Å². The van der Waals surface area contributed by atoms with Crippen molar-refractivity contribution >= 4 is 13.4 Å². The first-order chi connectivity index (χ1) is 21.7. The predicted octanol–water partition coefficient (Wildman–Crippen LogP) is 6.24. The number of pyridine rings is 1. The van der Waals surface area contributed by atoms with Crippen LogP contribution in [0.2, 0.25) is 0 Å². The van der Waals surface area contributed by atoms with E-state index >= 15 is 0 Å². The van der Waals surface area contributed by atoms with Gasteiger partial charge in [0.2, 0.25) is 0 Å². The van der Waals surface area contributed by atoms with Crippen molar-refractivity contribution in [3.63, 3.8) is 0 Å². The van der Waals surface area contributed by atoms with Gasteiger partial charge in [0.1, 0.15) is 34.6 Å². The van der Waals surface area contributed by atoms with Gasteiger partial charge in [0.25, 0.3) is 5.69 Å². The number of ether oxygens (including phenoxy) is 2. The average molecular weight is 626 g/mol. The molecule has 5 aromatic rings. The van der Waals surface area contributed by atoms with Crippen LogP contribution in [0.25, 0.3) is 0 Å². The minimum atomic E-state index is -3.83. The highest BCUT2D eigenvalue weighted by molar-refractivity contribution is 7.47. The fourth-order valence-corrected chi connectivity index (χ4v) is 5.44. The van der Waals surface area contributed by atoms with Crippen molar-refractivity contribution in [3.8, 4) is 34.8 Å². The van der Waals surface area contributed by atoms with Crippen molar-refractivity contribution in [2.75, 3.05) is 14.2 Å². The van der Waals surface area contributed by atoms with Gasteiger partial charge in [-0.2, -0.15) is 9.83 Å². The van der Waals surface area contributed by atoms with Gasteiger partial charge in [0, 0.05) is 18.2 Å². The summed E-state index contributed by atoms with van der Waals surface area (Å²) in [6.07, 6.45) is 4.20. The Morgan fingerprint density at radius 1 is 0.756 bits per heavy atom. The van der Waals surface area contributed by atoms with Crippen LogP contribution in [0.3, 0.4) is 0 Å². The van der Waals surface area contributed by atoms with Gasteiger partial charge in [0.05, 0.1) is 19.1 Å². The van der Waals surface area contributed by atoms with Gasteiger partial charge in [-0.1, -0.05) is 40.7 Å². The molecule has 0 bridgehead atoms. The average Bonchev–Trinajstić information content (AvgIpc) is 3.06. The van der Waals surface area contributed by atoms with Gasteiger partial charge < -0.3 is 23.6 Å². The molecule has 11 nitrogen and oxygen atoms in total. The Labute approximate surface area is 259 Å². The number of nitriles is 1. The molecule has 1 heterocycles. The van der Waals surface area contributed by atoms with Gasteiger partial charge in [-0.25, -0.2) is 0 Å². The Bertz CT molecular complexity index is 1760. The minimum absolute atomic E-state index is 0.201. The van der Waals surface area contributed by atoms with E-state index in [1.807, 2.05) is 30.3 Å². The molecular weight excluding hydrogens is 597 g/mol. The Kier molecular flexibility index (Phi) is 10.7. The third-order valence-electron chi connectivity index (χ3n) is 6.26. The van der Waals surface area contributed by atoms with Gasteiger partial charge in [-0.15, -0.1) is 5.75 Å². The number of nitrogens with zero attached hydrogens (tertiary/aromatic N) is 3. The van der Waals surface area contributed by atoms with Crippen LogP contribution in [-0.4, -0.2) is 19.1 Å². The Balaban J connectivity index is 0.000000323. The van der Waals surface area contributed by atoms with Gasteiger partial charge in [-0.3, -0.25) is 10.1 Å². The molecule has 1 aromatic heterocycles. The van der Waals surface area contributed by atoms with Gasteiger partial charge >= 0.3 is 7.75 Å². The van der Waals surface area contributed by atoms with Crippen LogP contribution in [0.4, 0.5) is 5.69 Å². The van der Waals surface area contributed by atoms with Crippen LogP contribution >= 0.6 is 7.75 Å². The van der Waals surface area contributed by atoms with Crippen molar-refractivity contribution in [1.29, 1.82) is 5.26 Å². The lowest BCUT2D eigenvalue weighted by atomic mass is 10.1. The van der Waals surface area contributed by atoms with Crippen LogP contribution in [0.1, 0.15) is 16.7 Å². The van der Waals surface area contributed by atoms with E-state index in [4.69, 9.17) is 23.8 Å². The van der Waals surface area contributed by atoms with Gasteiger partial charge in [0.15, 0.2) is 12.4 Å². The smallest absolute Gasteiger partial charge is 0.728 e. The lowest BCUT2D eigenvalue weighted by Gasteiger charge is -2.14. The predicted molar refractivity (Wildman–Crippen MR) is 163 cm³/mol. The molecule has 5 rings (SSSR count). The van der Waals surface area contributed by atoms with Crippen LogP contribution < -0.4 is 28.0 Å². The standard InChI is InChI=1S/C26H25NO5P.C7H4N2O3/c1-29-23-8-12-25(13-9-23)31-33(28,32-26-14-10-24(30-2)11-15-26)27-18-16-22(17-19-27)20-21-6-4-3-5-7-21;8-4-5-3-6(10)1-2-7(5)9(11)12/h3-19H,20H2,1-2H3;1-3,10H/q+1;/p-1. The van der Waals surface area contributed by atoms with E-state index in [0.717, 1.165) is 30.2 Å². The highest BCUT2D eigenvalue weighted by Crippen LogP contribution is 2.44. The molecule has 0 radical (unpaired) electrons. The molecule has 0 fully saturated rings. The van der Waals surface area contributed by atoms with Crippen molar-refractivity contribution in [1.82, 2.24) is 0 Å². The second-order valence-corrected chi connectivity index (χ2v) is 11.1. The molecule has 0 aliphatic rings. The molecule has 0 saturated carbocycles. The molecule has 4 aromatic carbocycles. The molecule has 0 unspecified atom stereocenters. The highest BCUT2D eigenvalue weighted by atomic mass is 31.2. The molecule has 0 amide bonds. The van der Waals surface area contributed by atoms with Crippen LogP contribution in [-0.2, 0) is 11.0 Å². The maximum absolute atomic E-state index is 14.0. The molecule has 0 aliphatic carbocycles. The zero-order valence-electron chi connectivity index (χ0n) is 24.3. The number of aromatic nitrogens is 1. The largest absolute Gasteiger partial charge is 0.872 e. The lowest BCUT2D eigenvalue weighted by molar-refractivity contribution is -0.536. The number of hydrogen-bond acceptors (Lipinski definition) is 9. The number of methoxy groups -OCH3 is 2. The molecule has 0 saturated heterocycles. The number of nitro benzene ring substituents is 1. The van der Waals surface area contributed by atoms with E-state index in [2.05, 4.69) is 12.1 Å².